The standard InChI is InChI=1S/C19H27ClO4/c1-2-3-4-5-6-14-23-18(21)11-12-19(22)24-15-13-16-7-9-17(20)10-8-16/h7-10H,2-6,11-15H2,1H3. The van der Waals surface area contributed by atoms with Crippen LogP contribution in [0.3, 0.4) is 0 Å². The van der Waals surface area contributed by atoms with Crippen LogP contribution in [0.4, 0.5) is 0 Å². The average molecular weight is 355 g/mol. The van der Waals surface area contributed by atoms with E-state index in [9.17, 15) is 9.59 Å². The number of ether oxygens (including phenoxy) is 2. The van der Waals surface area contributed by atoms with Gasteiger partial charge in [-0.25, -0.2) is 0 Å². The molecule has 0 amide bonds. The van der Waals surface area contributed by atoms with Gasteiger partial charge in [-0.1, -0.05) is 56.3 Å². The molecule has 0 N–H and O–H groups in total. The Bertz CT molecular complexity index is 485. The van der Waals surface area contributed by atoms with Crippen molar-refractivity contribution in [1.82, 2.24) is 0 Å². The highest BCUT2D eigenvalue weighted by Gasteiger charge is 2.09. The van der Waals surface area contributed by atoms with E-state index < -0.39 is 0 Å². The third kappa shape index (κ3) is 10.3. The van der Waals surface area contributed by atoms with Gasteiger partial charge >= 0.3 is 11.9 Å². The lowest BCUT2D eigenvalue weighted by Crippen LogP contribution is -2.12. The zero-order chi connectivity index (χ0) is 17.6. The molecule has 0 saturated heterocycles. The van der Waals surface area contributed by atoms with Crippen LogP contribution >= 0.6 is 11.6 Å². The summed E-state index contributed by atoms with van der Waals surface area (Å²) in [7, 11) is 0. The Morgan fingerprint density at radius 3 is 2.08 bits per heavy atom. The summed E-state index contributed by atoms with van der Waals surface area (Å²) in [5.74, 6) is -0.705. The molecular formula is C19H27ClO4. The molecule has 1 aromatic carbocycles. The van der Waals surface area contributed by atoms with Crippen LogP contribution in [-0.4, -0.2) is 25.2 Å². The smallest absolute Gasteiger partial charge is 0.306 e. The first-order chi connectivity index (χ1) is 11.6. The van der Waals surface area contributed by atoms with E-state index in [-0.39, 0.29) is 24.8 Å². The van der Waals surface area contributed by atoms with Gasteiger partial charge in [0.05, 0.1) is 26.1 Å². The Morgan fingerprint density at radius 2 is 1.46 bits per heavy atom. The van der Waals surface area contributed by atoms with Crippen molar-refractivity contribution in [2.45, 2.75) is 58.3 Å². The van der Waals surface area contributed by atoms with E-state index in [4.69, 9.17) is 21.1 Å². The summed E-state index contributed by atoms with van der Waals surface area (Å²) in [4.78, 5) is 23.1. The zero-order valence-electron chi connectivity index (χ0n) is 14.4. The van der Waals surface area contributed by atoms with E-state index in [0.29, 0.717) is 24.7 Å². The van der Waals surface area contributed by atoms with Gasteiger partial charge in [0.25, 0.3) is 0 Å². The molecule has 0 heterocycles. The second-order valence-corrected chi connectivity index (χ2v) is 6.17. The minimum atomic E-state index is -0.371. The molecule has 24 heavy (non-hydrogen) atoms. The third-order valence-corrected chi connectivity index (χ3v) is 3.86. The highest BCUT2D eigenvalue weighted by Crippen LogP contribution is 2.10. The summed E-state index contributed by atoms with van der Waals surface area (Å²) < 4.78 is 10.2. The van der Waals surface area contributed by atoms with Crippen LogP contribution in [0.1, 0.15) is 57.4 Å². The van der Waals surface area contributed by atoms with Crippen molar-refractivity contribution >= 4 is 23.5 Å². The maximum absolute atomic E-state index is 11.6. The van der Waals surface area contributed by atoms with E-state index in [1.165, 1.54) is 19.3 Å². The molecule has 0 aliphatic carbocycles. The molecular weight excluding hydrogens is 328 g/mol. The Balaban J connectivity index is 2.02. The SMILES string of the molecule is CCCCCCCOC(=O)CCC(=O)OCCc1ccc(Cl)cc1. The lowest BCUT2D eigenvalue weighted by Gasteiger charge is -2.06. The number of unbranched alkanes of at least 4 members (excludes halogenated alkanes) is 4. The summed E-state index contributed by atoms with van der Waals surface area (Å²) in [6.45, 7) is 2.90. The van der Waals surface area contributed by atoms with E-state index in [0.717, 1.165) is 18.4 Å². The molecule has 0 spiro atoms. The van der Waals surface area contributed by atoms with Crippen molar-refractivity contribution < 1.29 is 19.1 Å². The molecule has 134 valence electrons. The number of benzene rings is 1. The Labute approximate surface area is 149 Å². The molecule has 1 rings (SSSR count). The quantitative estimate of drug-likeness (QED) is 0.402. The van der Waals surface area contributed by atoms with Crippen LogP contribution in [0.2, 0.25) is 5.02 Å². The number of carbonyl (C=O) groups is 2. The lowest BCUT2D eigenvalue weighted by molar-refractivity contribution is -0.150. The molecule has 0 saturated carbocycles. The van der Waals surface area contributed by atoms with Gasteiger partial charge < -0.3 is 9.47 Å². The van der Waals surface area contributed by atoms with Crippen LogP contribution < -0.4 is 0 Å². The van der Waals surface area contributed by atoms with Gasteiger partial charge in [0.2, 0.25) is 0 Å². The molecule has 0 unspecified atom stereocenters. The molecule has 0 atom stereocenters. The van der Waals surface area contributed by atoms with E-state index >= 15 is 0 Å². The molecule has 0 aromatic heterocycles. The second-order valence-electron chi connectivity index (χ2n) is 5.73. The number of hydrogen-bond donors (Lipinski definition) is 0. The highest BCUT2D eigenvalue weighted by molar-refractivity contribution is 6.30. The van der Waals surface area contributed by atoms with Gasteiger partial charge in [-0.2, -0.15) is 0 Å². The summed E-state index contributed by atoms with van der Waals surface area (Å²) in [5, 5.41) is 0.680. The first-order valence-corrected chi connectivity index (χ1v) is 9.05. The molecule has 1 aromatic rings. The van der Waals surface area contributed by atoms with Gasteiger partial charge in [0.15, 0.2) is 0 Å². The number of halogens is 1. The fraction of sp³-hybridized carbons (Fsp3) is 0.579. The van der Waals surface area contributed by atoms with Crippen molar-refractivity contribution in [1.29, 1.82) is 0 Å². The zero-order valence-corrected chi connectivity index (χ0v) is 15.1. The maximum atomic E-state index is 11.6. The van der Waals surface area contributed by atoms with E-state index in [1.54, 1.807) is 12.1 Å². The van der Waals surface area contributed by atoms with Crippen LogP contribution in [0.25, 0.3) is 0 Å². The largest absolute Gasteiger partial charge is 0.466 e. The van der Waals surface area contributed by atoms with Crippen LogP contribution in [-0.2, 0) is 25.5 Å². The number of rotatable bonds is 12. The minimum Gasteiger partial charge on any atom is -0.466 e. The fourth-order valence-corrected chi connectivity index (χ4v) is 2.30. The molecule has 5 heteroatoms. The molecule has 4 nitrogen and oxygen atoms in total. The Morgan fingerprint density at radius 1 is 0.875 bits per heavy atom. The van der Waals surface area contributed by atoms with E-state index in [2.05, 4.69) is 6.92 Å². The summed E-state index contributed by atoms with van der Waals surface area (Å²) in [6, 6.07) is 7.40. The molecule has 0 aliphatic rings. The molecule has 0 aliphatic heterocycles. The van der Waals surface area contributed by atoms with Crippen molar-refractivity contribution in [2.24, 2.45) is 0 Å². The summed E-state index contributed by atoms with van der Waals surface area (Å²) >= 11 is 5.81. The Kier molecular flexibility index (Phi) is 10.9. The van der Waals surface area contributed by atoms with E-state index in [1.807, 2.05) is 12.1 Å². The van der Waals surface area contributed by atoms with Crippen LogP contribution in [0.5, 0.6) is 0 Å². The first kappa shape index (κ1) is 20.5. The predicted molar refractivity (Wildman–Crippen MR) is 95.1 cm³/mol. The van der Waals surface area contributed by atoms with Crippen molar-refractivity contribution in [3.63, 3.8) is 0 Å². The number of hydrogen-bond acceptors (Lipinski definition) is 4. The lowest BCUT2D eigenvalue weighted by atomic mass is 10.2. The van der Waals surface area contributed by atoms with Gasteiger partial charge in [-0.15, -0.1) is 0 Å². The summed E-state index contributed by atoms with van der Waals surface area (Å²) in [6.07, 6.45) is 6.32. The van der Waals surface area contributed by atoms with Crippen LogP contribution in [0, 0.1) is 0 Å². The third-order valence-electron chi connectivity index (χ3n) is 3.61. The summed E-state index contributed by atoms with van der Waals surface area (Å²) in [5.41, 5.74) is 1.05. The molecule has 0 bridgehead atoms. The monoisotopic (exact) mass is 354 g/mol. The normalized spacial score (nSPS) is 10.4. The van der Waals surface area contributed by atoms with Gasteiger partial charge in [0, 0.05) is 11.4 Å². The van der Waals surface area contributed by atoms with Crippen LogP contribution in [0.15, 0.2) is 24.3 Å². The number of carbonyl (C=O) groups excluding carboxylic acids is 2. The topological polar surface area (TPSA) is 52.6 Å². The average Bonchev–Trinajstić information content (AvgIpc) is 2.58. The first-order valence-electron chi connectivity index (χ1n) is 8.67. The van der Waals surface area contributed by atoms with Gasteiger partial charge in [-0.05, 0) is 24.1 Å². The maximum Gasteiger partial charge on any atom is 0.306 e. The number of esters is 2. The molecule has 0 fully saturated rings. The van der Waals surface area contributed by atoms with Crippen molar-refractivity contribution in [3.05, 3.63) is 34.9 Å². The molecule has 0 radical (unpaired) electrons. The highest BCUT2D eigenvalue weighted by atomic mass is 35.5. The van der Waals surface area contributed by atoms with Crippen molar-refractivity contribution in [2.75, 3.05) is 13.2 Å². The van der Waals surface area contributed by atoms with Crippen molar-refractivity contribution in [3.8, 4) is 0 Å². The minimum absolute atomic E-state index is 0.0648. The van der Waals surface area contributed by atoms with Gasteiger partial charge in [-0.3, -0.25) is 9.59 Å². The fourth-order valence-electron chi connectivity index (χ4n) is 2.17. The second kappa shape index (κ2) is 12.8. The predicted octanol–water partition coefficient (Wildman–Crippen LogP) is 4.72. The Hall–Kier alpha value is -1.55. The van der Waals surface area contributed by atoms with Gasteiger partial charge in [0.1, 0.15) is 0 Å².